The average molecular weight is 258 g/mol. The van der Waals surface area contributed by atoms with E-state index in [1.54, 1.807) is 0 Å². The summed E-state index contributed by atoms with van der Waals surface area (Å²) in [4.78, 5) is 0. The molecule has 0 bridgehead atoms. The molecule has 0 saturated carbocycles. The largest absolute Gasteiger partial charge is 0.379 e. The van der Waals surface area contributed by atoms with Crippen molar-refractivity contribution in [3.8, 4) is 0 Å². The summed E-state index contributed by atoms with van der Waals surface area (Å²) in [6, 6.07) is 7.51. The normalized spacial score (nSPS) is 14.6. The van der Waals surface area contributed by atoms with E-state index in [4.69, 9.17) is 26.8 Å². The first-order chi connectivity index (χ1) is 8.15. The molecule has 0 spiro atoms. The third-order valence-electron chi connectivity index (χ3n) is 2.38. The molecular weight excluding hydrogens is 238 g/mol. The highest BCUT2D eigenvalue weighted by atomic mass is 35.5. The summed E-state index contributed by atoms with van der Waals surface area (Å²) in [6.07, 6.45) is -0.144. The Morgan fingerprint density at radius 3 is 2.71 bits per heavy atom. The molecule has 0 heterocycles. The molecule has 0 aliphatic heterocycles. The quantitative estimate of drug-likeness (QED) is 0.764. The molecule has 0 fully saturated rings. The highest BCUT2D eigenvalue weighted by Gasteiger charge is 2.16. The van der Waals surface area contributed by atoms with Crippen LogP contribution in [0.25, 0.3) is 0 Å². The second-order valence-corrected chi connectivity index (χ2v) is 4.34. The molecule has 17 heavy (non-hydrogen) atoms. The summed E-state index contributed by atoms with van der Waals surface area (Å²) in [6.45, 7) is 5.70. The maximum atomic E-state index is 5.96. The van der Waals surface area contributed by atoms with Gasteiger partial charge in [-0.15, -0.1) is 0 Å². The van der Waals surface area contributed by atoms with Gasteiger partial charge in [-0.05, 0) is 31.5 Å². The van der Waals surface area contributed by atoms with Crippen LogP contribution in [0, 0.1) is 0 Å². The minimum atomic E-state index is -0.144. The zero-order valence-corrected chi connectivity index (χ0v) is 11.1. The topological polar surface area (TPSA) is 44.5 Å². The Balaban J connectivity index is 2.59. The van der Waals surface area contributed by atoms with Crippen LogP contribution in [-0.2, 0) is 9.47 Å². The molecule has 0 amide bonds. The van der Waals surface area contributed by atoms with Gasteiger partial charge in [-0.25, -0.2) is 0 Å². The molecule has 3 nitrogen and oxygen atoms in total. The summed E-state index contributed by atoms with van der Waals surface area (Å²) >= 11 is 5.96. The van der Waals surface area contributed by atoms with Gasteiger partial charge in [0.15, 0.2) is 0 Å². The van der Waals surface area contributed by atoms with E-state index in [-0.39, 0.29) is 12.1 Å². The van der Waals surface area contributed by atoms with E-state index in [0.717, 1.165) is 5.56 Å². The standard InChI is InChI=1S/C13H20ClNO2/c1-3-16-7-8-17-13(10(2)15)11-5-4-6-12(14)9-11/h4-6,9-10,13H,3,7-8,15H2,1-2H3. The van der Waals surface area contributed by atoms with E-state index in [1.807, 2.05) is 38.1 Å². The third kappa shape index (κ3) is 5.04. The van der Waals surface area contributed by atoms with Crippen molar-refractivity contribution in [2.24, 2.45) is 5.73 Å². The molecule has 4 heteroatoms. The number of halogens is 1. The van der Waals surface area contributed by atoms with Crippen molar-refractivity contribution in [2.75, 3.05) is 19.8 Å². The summed E-state index contributed by atoms with van der Waals surface area (Å²) < 4.78 is 11.0. The third-order valence-corrected chi connectivity index (χ3v) is 2.62. The molecule has 0 aromatic heterocycles. The molecular formula is C13H20ClNO2. The molecule has 1 aromatic carbocycles. The van der Waals surface area contributed by atoms with Gasteiger partial charge in [0.2, 0.25) is 0 Å². The number of ether oxygens (including phenoxy) is 2. The predicted molar refractivity (Wildman–Crippen MR) is 70.3 cm³/mol. The Hall–Kier alpha value is -0.610. The van der Waals surface area contributed by atoms with Crippen molar-refractivity contribution in [3.63, 3.8) is 0 Å². The van der Waals surface area contributed by atoms with Crippen LogP contribution in [0.15, 0.2) is 24.3 Å². The van der Waals surface area contributed by atoms with Gasteiger partial charge in [0.25, 0.3) is 0 Å². The van der Waals surface area contributed by atoms with Crippen LogP contribution < -0.4 is 5.73 Å². The fourth-order valence-electron chi connectivity index (χ4n) is 1.61. The van der Waals surface area contributed by atoms with Gasteiger partial charge < -0.3 is 15.2 Å². The highest BCUT2D eigenvalue weighted by molar-refractivity contribution is 6.30. The smallest absolute Gasteiger partial charge is 0.0974 e. The van der Waals surface area contributed by atoms with E-state index in [0.29, 0.717) is 24.8 Å². The number of benzene rings is 1. The molecule has 0 aliphatic carbocycles. The molecule has 2 unspecified atom stereocenters. The van der Waals surface area contributed by atoms with Crippen LogP contribution >= 0.6 is 11.6 Å². The molecule has 0 aliphatic rings. The van der Waals surface area contributed by atoms with E-state index < -0.39 is 0 Å². The minimum Gasteiger partial charge on any atom is -0.379 e. The van der Waals surface area contributed by atoms with Gasteiger partial charge in [0.1, 0.15) is 0 Å². The Bertz CT molecular complexity index is 331. The highest BCUT2D eigenvalue weighted by Crippen LogP contribution is 2.23. The number of rotatable bonds is 7. The van der Waals surface area contributed by atoms with Gasteiger partial charge in [-0.1, -0.05) is 23.7 Å². The van der Waals surface area contributed by atoms with Crippen LogP contribution in [-0.4, -0.2) is 25.9 Å². The summed E-state index contributed by atoms with van der Waals surface area (Å²) in [5.74, 6) is 0. The van der Waals surface area contributed by atoms with Crippen molar-refractivity contribution < 1.29 is 9.47 Å². The van der Waals surface area contributed by atoms with Gasteiger partial charge in [-0.3, -0.25) is 0 Å². The van der Waals surface area contributed by atoms with Crippen LogP contribution in [0.4, 0.5) is 0 Å². The molecule has 2 N–H and O–H groups in total. The predicted octanol–water partition coefficient (Wildman–Crippen LogP) is 2.78. The average Bonchev–Trinajstić information content (AvgIpc) is 2.28. The molecule has 1 aromatic rings. The van der Waals surface area contributed by atoms with Crippen molar-refractivity contribution in [1.29, 1.82) is 0 Å². The number of hydrogen-bond donors (Lipinski definition) is 1. The first-order valence-electron chi connectivity index (χ1n) is 5.85. The van der Waals surface area contributed by atoms with Gasteiger partial charge in [0, 0.05) is 17.7 Å². The fraction of sp³-hybridized carbons (Fsp3) is 0.538. The maximum Gasteiger partial charge on any atom is 0.0974 e. The lowest BCUT2D eigenvalue weighted by Crippen LogP contribution is -2.28. The maximum absolute atomic E-state index is 5.96. The summed E-state index contributed by atoms with van der Waals surface area (Å²) in [5.41, 5.74) is 6.93. The molecule has 1 rings (SSSR count). The molecule has 2 atom stereocenters. The molecule has 0 radical (unpaired) electrons. The summed E-state index contributed by atoms with van der Waals surface area (Å²) in [5, 5.41) is 0.696. The lowest BCUT2D eigenvalue weighted by atomic mass is 10.0. The monoisotopic (exact) mass is 257 g/mol. The van der Waals surface area contributed by atoms with Gasteiger partial charge >= 0.3 is 0 Å². The van der Waals surface area contributed by atoms with Crippen LogP contribution in [0.3, 0.4) is 0 Å². The van der Waals surface area contributed by atoms with Gasteiger partial charge in [0.05, 0.1) is 19.3 Å². The van der Waals surface area contributed by atoms with Crippen LogP contribution in [0.1, 0.15) is 25.5 Å². The molecule has 96 valence electrons. The number of hydrogen-bond acceptors (Lipinski definition) is 3. The van der Waals surface area contributed by atoms with Gasteiger partial charge in [-0.2, -0.15) is 0 Å². The van der Waals surface area contributed by atoms with Crippen LogP contribution in [0.2, 0.25) is 5.02 Å². The second kappa shape index (κ2) is 7.67. The first kappa shape index (κ1) is 14.5. The van der Waals surface area contributed by atoms with Crippen LogP contribution in [0.5, 0.6) is 0 Å². The Morgan fingerprint density at radius 1 is 1.35 bits per heavy atom. The fourth-order valence-corrected chi connectivity index (χ4v) is 1.81. The lowest BCUT2D eigenvalue weighted by Gasteiger charge is -2.22. The van der Waals surface area contributed by atoms with Crippen molar-refractivity contribution in [3.05, 3.63) is 34.9 Å². The minimum absolute atomic E-state index is 0.0879. The Labute approximate surface area is 108 Å². The first-order valence-corrected chi connectivity index (χ1v) is 6.23. The Morgan fingerprint density at radius 2 is 2.12 bits per heavy atom. The molecule has 0 saturated heterocycles. The Kier molecular flexibility index (Phi) is 6.52. The zero-order chi connectivity index (χ0) is 12.7. The lowest BCUT2D eigenvalue weighted by molar-refractivity contribution is -0.00241. The summed E-state index contributed by atoms with van der Waals surface area (Å²) in [7, 11) is 0. The van der Waals surface area contributed by atoms with Crippen molar-refractivity contribution in [1.82, 2.24) is 0 Å². The van der Waals surface area contributed by atoms with E-state index in [1.165, 1.54) is 0 Å². The van der Waals surface area contributed by atoms with E-state index in [2.05, 4.69) is 0 Å². The SMILES string of the molecule is CCOCCOC(c1cccc(Cl)c1)C(C)N. The van der Waals surface area contributed by atoms with E-state index >= 15 is 0 Å². The zero-order valence-electron chi connectivity index (χ0n) is 10.4. The van der Waals surface area contributed by atoms with Crippen molar-refractivity contribution >= 4 is 11.6 Å². The second-order valence-electron chi connectivity index (χ2n) is 3.90. The van der Waals surface area contributed by atoms with E-state index in [9.17, 15) is 0 Å². The van der Waals surface area contributed by atoms with Crippen molar-refractivity contribution in [2.45, 2.75) is 26.0 Å². The number of nitrogens with two attached hydrogens (primary N) is 1.